The molecule has 7 heteroatoms. The predicted molar refractivity (Wildman–Crippen MR) is 104 cm³/mol. The van der Waals surface area contributed by atoms with Gasteiger partial charge in [0.1, 0.15) is 5.82 Å². The Morgan fingerprint density at radius 2 is 1.61 bits per heavy atom. The van der Waals surface area contributed by atoms with E-state index in [1.807, 2.05) is 0 Å². The fraction of sp³-hybridized carbons (Fsp3) is 0.286. The Balaban J connectivity index is 1.79. The first-order chi connectivity index (χ1) is 13.3. The van der Waals surface area contributed by atoms with Crippen LogP contribution in [0.2, 0.25) is 5.02 Å². The molecule has 0 unspecified atom stereocenters. The summed E-state index contributed by atoms with van der Waals surface area (Å²) in [7, 11) is 0. The molecule has 0 heterocycles. The molecule has 2 aromatic rings. The maximum absolute atomic E-state index is 13.0. The van der Waals surface area contributed by atoms with Gasteiger partial charge < -0.3 is 10.1 Å². The summed E-state index contributed by atoms with van der Waals surface area (Å²) in [5.74, 6) is -1.69. The van der Waals surface area contributed by atoms with Crippen molar-refractivity contribution in [2.45, 2.75) is 38.8 Å². The first kappa shape index (κ1) is 21.6. The zero-order chi connectivity index (χ0) is 20.7. The molecule has 1 amide bonds. The van der Waals surface area contributed by atoms with E-state index >= 15 is 0 Å². The third kappa shape index (κ3) is 6.46. The van der Waals surface area contributed by atoms with Gasteiger partial charge in [-0.3, -0.25) is 14.4 Å². The van der Waals surface area contributed by atoms with E-state index in [1.54, 1.807) is 43.3 Å². The summed E-state index contributed by atoms with van der Waals surface area (Å²) < 4.78 is 18.1. The lowest BCUT2D eigenvalue weighted by Crippen LogP contribution is -2.37. The van der Waals surface area contributed by atoms with Crippen LogP contribution in [0.3, 0.4) is 0 Å². The Labute approximate surface area is 167 Å². The lowest BCUT2D eigenvalue weighted by molar-refractivity contribution is -0.155. The number of benzene rings is 2. The number of rotatable bonds is 8. The third-order valence-corrected chi connectivity index (χ3v) is 4.38. The van der Waals surface area contributed by atoms with E-state index in [1.165, 1.54) is 19.1 Å². The van der Waals surface area contributed by atoms with Crippen molar-refractivity contribution in [1.82, 2.24) is 5.32 Å². The highest BCUT2D eigenvalue weighted by molar-refractivity contribution is 6.30. The molecule has 28 heavy (non-hydrogen) atoms. The maximum Gasteiger partial charge on any atom is 0.307 e. The van der Waals surface area contributed by atoms with Gasteiger partial charge in [0, 0.05) is 17.0 Å². The molecule has 0 aliphatic carbocycles. The maximum atomic E-state index is 13.0. The molecule has 2 atom stereocenters. The summed E-state index contributed by atoms with van der Waals surface area (Å²) in [6.45, 7) is 3.19. The first-order valence-electron chi connectivity index (χ1n) is 8.80. The molecule has 0 aromatic heterocycles. The van der Waals surface area contributed by atoms with Crippen LogP contribution in [0.1, 0.15) is 48.7 Å². The fourth-order valence-electron chi connectivity index (χ4n) is 2.47. The van der Waals surface area contributed by atoms with Crippen LogP contribution in [0.4, 0.5) is 4.39 Å². The molecular weight excluding hydrogens is 385 g/mol. The molecular formula is C21H21ClFNO4. The van der Waals surface area contributed by atoms with Gasteiger partial charge in [0.05, 0.1) is 12.5 Å². The Morgan fingerprint density at radius 1 is 1.00 bits per heavy atom. The van der Waals surface area contributed by atoms with Gasteiger partial charge in [-0.1, -0.05) is 23.7 Å². The van der Waals surface area contributed by atoms with Gasteiger partial charge >= 0.3 is 5.97 Å². The number of ketones is 1. The van der Waals surface area contributed by atoms with Crippen molar-refractivity contribution in [3.8, 4) is 0 Å². The van der Waals surface area contributed by atoms with E-state index in [0.717, 1.165) is 5.56 Å². The van der Waals surface area contributed by atoms with Crippen molar-refractivity contribution in [3.05, 3.63) is 70.5 Å². The molecule has 5 nitrogen and oxygen atoms in total. The van der Waals surface area contributed by atoms with Crippen molar-refractivity contribution >= 4 is 29.3 Å². The average Bonchev–Trinajstić information content (AvgIpc) is 2.67. The molecule has 2 aromatic carbocycles. The largest absolute Gasteiger partial charge is 0.453 e. The number of esters is 1. The number of amides is 1. The predicted octanol–water partition coefficient (Wildman–Crippen LogP) is 4.25. The van der Waals surface area contributed by atoms with Crippen molar-refractivity contribution < 1.29 is 23.5 Å². The molecule has 2 rings (SSSR count). The molecule has 0 aliphatic heterocycles. The Bertz CT molecular complexity index is 836. The zero-order valence-electron chi connectivity index (χ0n) is 15.6. The second-order valence-corrected chi connectivity index (χ2v) is 6.78. The van der Waals surface area contributed by atoms with Crippen molar-refractivity contribution in [2.24, 2.45) is 0 Å². The summed E-state index contributed by atoms with van der Waals surface area (Å²) in [6, 6.07) is 11.7. The summed E-state index contributed by atoms with van der Waals surface area (Å²) in [5.41, 5.74) is 1.18. The number of carbonyl (C=O) groups is 3. The highest BCUT2D eigenvalue weighted by Gasteiger charge is 2.20. The topological polar surface area (TPSA) is 72.5 Å². The highest BCUT2D eigenvalue weighted by atomic mass is 35.5. The normalized spacial score (nSPS) is 12.7. The van der Waals surface area contributed by atoms with Crippen LogP contribution in [0, 0.1) is 5.82 Å². The lowest BCUT2D eigenvalue weighted by atomic mass is 10.1. The first-order valence-corrected chi connectivity index (χ1v) is 9.18. The molecule has 0 fully saturated rings. The molecule has 0 saturated heterocycles. The highest BCUT2D eigenvalue weighted by Crippen LogP contribution is 2.14. The number of ether oxygens (including phenoxy) is 1. The lowest BCUT2D eigenvalue weighted by Gasteiger charge is -2.18. The zero-order valence-corrected chi connectivity index (χ0v) is 16.3. The minimum atomic E-state index is -1.01. The minimum Gasteiger partial charge on any atom is -0.453 e. The van der Waals surface area contributed by atoms with E-state index in [9.17, 15) is 18.8 Å². The van der Waals surface area contributed by atoms with Gasteiger partial charge in [0.25, 0.3) is 5.91 Å². The van der Waals surface area contributed by atoms with E-state index in [2.05, 4.69) is 5.32 Å². The van der Waals surface area contributed by atoms with E-state index in [0.29, 0.717) is 10.6 Å². The summed E-state index contributed by atoms with van der Waals surface area (Å²) in [4.78, 5) is 36.2. The van der Waals surface area contributed by atoms with E-state index in [4.69, 9.17) is 16.3 Å². The van der Waals surface area contributed by atoms with Crippen molar-refractivity contribution in [3.63, 3.8) is 0 Å². The number of carbonyl (C=O) groups excluding carboxylic acids is 3. The van der Waals surface area contributed by atoms with Gasteiger partial charge in [0.15, 0.2) is 11.9 Å². The molecule has 0 radical (unpaired) electrons. The SMILES string of the molecule is C[C@H](NC(=O)[C@@H](C)OC(=O)CCC(=O)c1ccc(Cl)cc1)c1ccc(F)cc1. The standard InChI is InChI=1S/C21H21ClFNO4/c1-13(15-5-9-18(23)10-6-15)24-21(27)14(2)28-20(26)12-11-19(25)16-3-7-17(22)8-4-16/h3-10,13-14H,11-12H2,1-2H3,(H,24,27)/t13-,14+/m0/s1. The van der Waals surface area contributed by atoms with Crippen LogP contribution >= 0.6 is 11.6 Å². The molecule has 0 spiro atoms. The summed E-state index contributed by atoms with van der Waals surface area (Å²) in [6.07, 6.45) is -1.17. The third-order valence-electron chi connectivity index (χ3n) is 4.13. The van der Waals surface area contributed by atoms with Gasteiger partial charge in [-0.25, -0.2) is 4.39 Å². The van der Waals surface area contributed by atoms with Crippen LogP contribution in [-0.4, -0.2) is 23.8 Å². The monoisotopic (exact) mass is 405 g/mol. The number of hydrogen-bond donors (Lipinski definition) is 1. The Kier molecular flexibility index (Phi) is 7.70. The van der Waals surface area contributed by atoms with E-state index in [-0.39, 0.29) is 30.5 Å². The van der Waals surface area contributed by atoms with Crippen LogP contribution in [0.25, 0.3) is 0 Å². The Morgan fingerprint density at radius 3 is 2.21 bits per heavy atom. The van der Waals surface area contributed by atoms with Gasteiger partial charge in [0.2, 0.25) is 0 Å². The molecule has 0 aliphatic rings. The summed E-state index contributed by atoms with van der Waals surface area (Å²) in [5, 5.41) is 3.22. The molecule has 0 bridgehead atoms. The van der Waals surface area contributed by atoms with Gasteiger partial charge in [-0.05, 0) is 55.8 Å². The number of hydrogen-bond acceptors (Lipinski definition) is 4. The Hall–Kier alpha value is -2.73. The average molecular weight is 406 g/mol. The fourth-order valence-corrected chi connectivity index (χ4v) is 2.60. The van der Waals surface area contributed by atoms with Crippen LogP contribution in [-0.2, 0) is 14.3 Å². The second kappa shape index (κ2) is 9.99. The van der Waals surface area contributed by atoms with Crippen LogP contribution < -0.4 is 5.32 Å². The quantitative estimate of drug-likeness (QED) is 0.526. The molecule has 1 N–H and O–H groups in total. The van der Waals surface area contributed by atoms with Crippen LogP contribution in [0.5, 0.6) is 0 Å². The van der Waals surface area contributed by atoms with Crippen molar-refractivity contribution in [1.29, 1.82) is 0 Å². The number of Topliss-reactive ketones (excluding diaryl/α,β-unsaturated/α-hetero) is 1. The van der Waals surface area contributed by atoms with Gasteiger partial charge in [-0.2, -0.15) is 0 Å². The van der Waals surface area contributed by atoms with E-state index < -0.39 is 18.0 Å². The number of nitrogens with one attached hydrogen (secondary N) is 1. The number of halogens is 2. The summed E-state index contributed by atoms with van der Waals surface area (Å²) >= 11 is 5.77. The molecule has 148 valence electrons. The van der Waals surface area contributed by atoms with Crippen molar-refractivity contribution in [2.75, 3.05) is 0 Å². The molecule has 0 saturated carbocycles. The van der Waals surface area contributed by atoms with Crippen LogP contribution in [0.15, 0.2) is 48.5 Å². The smallest absolute Gasteiger partial charge is 0.307 e. The second-order valence-electron chi connectivity index (χ2n) is 6.34. The minimum absolute atomic E-state index is 0.0270. The van der Waals surface area contributed by atoms with Gasteiger partial charge in [-0.15, -0.1) is 0 Å².